The summed E-state index contributed by atoms with van der Waals surface area (Å²) in [6, 6.07) is 13.4. The van der Waals surface area contributed by atoms with E-state index in [1.54, 1.807) is 48.4 Å². The second kappa shape index (κ2) is 10.3. The fraction of sp³-hybridized carbons (Fsp3) is 0.292. The summed E-state index contributed by atoms with van der Waals surface area (Å²) in [7, 11) is 1.55. The minimum absolute atomic E-state index is 0.118. The molecule has 2 aromatic carbocycles. The number of benzene rings is 2. The van der Waals surface area contributed by atoms with Crippen molar-refractivity contribution in [1.82, 2.24) is 15.2 Å². The average molecular weight is 452 g/mol. The zero-order chi connectivity index (χ0) is 23.2. The van der Waals surface area contributed by atoms with Gasteiger partial charge in [0, 0.05) is 51.1 Å². The van der Waals surface area contributed by atoms with E-state index in [4.69, 9.17) is 9.15 Å². The van der Waals surface area contributed by atoms with Crippen LogP contribution in [0.15, 0.2) is 59.3 Å². The van der Waals surface area contributed by atoms with Crippen LogP contribution in [0.2, 0.25) is 0 Å². The second-order valence-corrected chi connectivity index (χ2v) is 7.58. The van der Waals surface area contributed by atoms with Crippen molar-refractivity contribution in [3.8, 4) is 11.3 Å². The maximum absolute atomic E-state index is 13.4. The van der Waals surface area contributed by atoms with Crippen molar-refractivity contribution in [3.05, 3.63) is 72.0 Å². The summed E-state index contributed by atoms with van der Waals surface area (Å²) in [6.07, 6.45) is 1.20. The number of oxazole rings is 1. The number of nitrogens with one attached hydrogen (secondary N) is 1. The summed E-state index contributed by atoms with van der Waals surface area (Å²) < 4.78 is 23.7. The van der Waals surface area contributed by atoms with Gasteiger partial charge in [-0.2, -0.15) is 0 Å². The largest absolute Gasteiger partial charge is 0.443 e. The van der Waals surface area contributed by atoms with Crippen LogP contribution in [0.3, 0.4) is 0 Å². The molecule has 1 aromatic heterocycles. The normalized spacial score (nSPS) is 13.8. The smallest absolute Gasteiger partial charge is 0.274 e. The number of methoxy groups -OCH3 is 1. The molecule has 0 aliphatic carbocycles. The first-order chi connectivity index (χ1) is 16.1. The minimum Gasteiger partial charge on any atom is -0.443 e. The Hall–Kier alpha value is -3.72. The summed E-state index contributed by atoms with van der Waals surface area (Å²) in [5, 5.41) is 2.72. The molecule has 1 aliphatic rings. The van der Waals surface area contributed by atoms with Crippen LogP contribution in [0.1, 0.15) is 20.8 Å². The number of nitrogens with zero attached hydrogens (tertiary/aromatic N) is 3. The van der Waals surface area contributed by atoms with Crippen LogP contribution >= 0.6 is 0 Å². The van der Waals surface area contributed by atoms with Crippen LogP contribution in [0, 0.1) is 5.82 Å². The molecule has 0 spiro atoms. The zero-order valence-electron chi connectivity index (χ0n) is 18.3. The molecule has 9 heteroatoms. The summed E-state index contributed by atoms with van der Waals surface area (Å²) in [5.41, 5.74) is 2.00. The highest BCUT2D eigenvalue weighted by Gasteiger charge is 2.27. The highest BCUT2D eigenvalue weighted by Crippen LogP contribution is 2.28. The number of carbonyl (C=O) groups excluding carboxylic acids is 2. The van der Waals surface area contributed by atoms with E-state index in [9.17, 15) is 14.0 Å². The van der Waals surface area contributed by atoms with Gasteiger partial charge in [0.05, 0.1) is 12.2 Å². The molecule has 0 saturated carbocycles. The van der Waals surface area contributed by atoms with Crippen LogP contribution in [0.4, 0.5) is 10.1 Å². The van der Waals surface area contributed by atoms with E-state index in [-0.39, 0.29) is 23.2 Å². The van der Waals surface area contributed by atoms with E-state index in [0.29, 0.717) is 50.5 Å². The van der Waals surface area contributed by atoms with Crippen LogP contribution < -0.4 is 10.2 Å². The Morgan fingerprint density at radius 1 is 1.09 bits per heavy atom. The summed E-state index contributed by atoms with van der Waals surface area (Å²) in [6.45, 7) is 3.01. The lowest BCUT2D eigenvalue weighted by molar-refractivity contribution is 0.0747. The van der Waals surface area contributed by atoms with E-state index in [1.165, 1.54) is 18.5 Å². The second-order valence-electron chi connectivity index (χ2n) is 7.58. The van der Waals surface area contributed by atoms with Crippen molar-refractivity contribution >= 4 is 17.5 Å². The van der Waals surface area contributed by atoms with Gasteiger partial charge in [-0.05, 0) is 30.3 Å². The van der Waals surface area contributed by atoms with Gasteiger partial charge in [-0.15, -0.1) is 0 Å². The van der Waals surface area contributed by atoms with Crippen LogP contribution in [0.25, 0.3) is 11.3 Å². The third-order valence-corrected chi connectivity index (χ3v) is 5.54. The molecule has 0 atom stereocenters. The van der Waals surface area contributed by atoms with Crippen molar-refractivity contribution in [1.29, 1.82) is 0 Å². The Labute approximate surface area is 191 Å². The van der Waals surface area contributed by atoms with Gasteiger partial charge in [0.1, 0.15) is 5.82 Å². The van der Waals surface area contributed by atoms with Gasteiger partial charge in [-0.1, -0.05) is 18.2 Å². The SMILES string of the molecule is COCCNC(=O)c1ncoc1-c1ccccc1C(=O)N1CCN(c2ccc(F)cc2)CC1. The molecule has 0 unspecified atom stereocenters. The maximum Gasteiger partial charge on any atom is 0.274 e. The number of piperazine rings is 1. The average Bonchev–Trinajstić information content (AvgIpc) is 3.34. The number of carbonyl (C=O) groups is 2. The molecule has 1 saturated heterocycles. The van der Waals surface area contributed by atoms with Crippen molar-refractivity contribution < 1.29 is 23.1 Å². The molecular formula is C24H25FN4O4. The Kier molecular flexibility index (Phi) is 6.99. The Morgan fingerprint density at radius 2 is 1.82 bits per heavy atom. The van der Waals surface area contributed by atoms with Gasteiger partial charge in [0.15, 0.2) is 17.8 Å². The fourth-order valence-electron chi connectivity index (χ4n) is 3.81. The van der Waals surface area contributed by atoms with Crippen LogP contribution in [-0.2, 0) is 4.74 Å². The Bertz CT molecular complexity index is 1110. The first-order valence-corrected chi connectivity index (χ1v) is 10.7. The van der Waals surface area contributed by atoms with Crippen molar-refractivity contribution in [2.45, 2.75) is 0 Å². The van der Waals surface area contributed by atoms with Crippen molar-refractivity contribution in [2.75, 3.05) is 51.3 Å². The lowest BCUT2D eigenvalue weighted by atomic mass is 10.0. The summed E-state index contributed by atoms with van der Waals surface area (Å²) >= 11 is 0. The number of hydrogen-bond donors (Lipinski definition) is 1. The summed E-state index contributed by atoms with van der Waals surface area (Å²) in [5.74, 6) is -0.570. The molecule has 4 rings (SSSR count). The van der Waals surface area contributed by atoms with Gasteiger partial charge in [-0.25, -0.2) is 9.37 Å². The molecule has 2 heterocycles. The molecule has 0 bridgehead atoms. The quantitative estimate of drug-likeness (QED) is 0.555. The number of halogens is 1. The van der Waals surface area contributed by atoms with Gasteiger partial charge in [-0.3, -0.25) is 9.59 Å². The fourth-order valence-corrected chi connectivity index (χ4v) is 3.81. The highest BCUT2D eigenvalue weighted by atomic mass is 19.1. The lowest BCUT2D eigenvalue weighted by Crippen LogP contribution is -2.48. The Morgan fingerprint density at radius 3 is 2.55 bits per heavy atom. The van der Waals surface area contributed by atoms with E-state index >= 15 is 0 Å². The third-order valence-electron chi connectivity index (χ3n) is 5.54. The molecular weight excluding hydrogens is 427 g/mol. The third kappa shape index (κ3) is 5.04. The monoisotopic (exact) mass is 452 g/mol. The molecule has 1 aliphatic heterocycles. The van der Waals surface area contributed by atoms with Gasteiger partial charge in [0.25, 0.3) is 11.8 Å². The number of amides is 2. The zero-order valence-corrected chi connectivity index (χ0v) is 18.3. The summed E-state index contributed by atoms with van der Waals surface area (Å²) in [4.78, 5) is 33.9. The highest BCUT2D eigenvalue weighted by molar-refractivity contribution is 6.04. The standard InChI is InChI=1S/C24H25FN4O4/c1-32-15-10-26-23(30)21-22(33-16-27-21)19-4-2-3-5-20(19)24(31)29-13-11-28(12-14-29)18-8-6-17(25)7-9-18/h2-9,16H,10-15H2,1H3,(H,26,30). The predicted molar refractivity (Wildman–Crippen MR) is 121 cm³/mol. The molecule has 2 amide bonds. The van der Waals surface area contributed by atoms with E-state index in [0.717, 1.165) is 5.69 Å². The topological polar surface area (TPSA) is 87.9 Å². The van der Waals surface area contributed by atoms with Crippen LogP contribution in [0.5, 0.6) is 0 Å². The number of ether oxygens (including phenoxy) is 1. The molecule has 0 radical (unpaired) electrons. The molecule has 8 nitrogen and oxygen atoms in total. The van der Waals surface area contributed by atoms with Gasteiger partial charge >= 0.3 is 0 Å². The van der Waals surface area contributed by atoms with Crippen molar-refractivity contribution in [3.63, 3.8) is 0 Å². The predicted octanol–water partition coefficient (Wildman–Crippen LogP) is 2.82. The number of hydrogen-bond acceptors (Lipinski definition) is 6. The van der Waals surface area contributed by atoms with Gasteiger partial charge < -0.3 is 24.3 Å². The van der Waals surface area contributed by atoms with E-state index in [1.807, 2.05) is 0 Å². The molecule has 1 N–H and O–H groups in total. The van der Waals surface area contributed by atoms with E-state index < -0.39 is 5.91 Å². The van der Waals surface area contributed by atoms with Gasteiger partial charge in [0.2, 0.25) is 0 Å². The van der Waals surface area contributed by atoms with E-state index in [2.05, 4.69) is 15.2 Å². The van der Waals surface area contributed by atoms with Crippen LogP contribution in [-0.4, -0.2) is 68.1 Å². The molecule has 3 aromatic rings. The number of aromatic nitrogens is 1. The van der Waals surface area contributed by atoms with Crippen molar-refractivity contribution in [2.24, 2.45) is 0 Å². The maximum atomic E-state index is 13.4. The number of anilines is 1. The molecule has 172 valence electrons. The molecule has 1 fully saturated rings. The Balaban J connectivity index is 1.49. The lowest BCUT2D eigenvalue weighted by Gasteiger charge is -2.36. The first kappa shape index (κ1) is 22.5. The molecule has 33 heavy (non-hydrogen) atoms. The minimum atomic E-state index is -0.397. The number of rotatable bonds is 7. The first-order valence-electron chi connectivity index (χ1n) is 10.7.